The van der Waals surface area contributed by atoms with Gasteiger partial charge in [-0.15, -0.1) is 0 Å². The molecule has 0 spiro atoms. The van der Waals surface area contributed by atoms with Gasteiger partial charge in [-0.3, -0.25) is 9.78 Å². The highest BCUT2D eigenvalue weighted by molar-refractivity contribution is 5.94. The van der Waals surface area contributed by atoms with Gasteiger partial charge < -0.3 is 20.4 Å². The lowest BCUT2D eigenvalue weighted by Crippen LogP contribution is -2.27. The van der Waals surface area contributed by atoms with Gasteiger partial charge in [0.15, 0.2) is 0 Å². The summed E-state index contributed by atoms with van der Waals surface area (Å²) in [5.41, 5.74) is 3.43. The smallest absolute Gasteiger partial charge is 0.252 e. The molecule has 6 heteroatoms. The number of nitrogens with zero attached hydrogens (tertiary/aromatic N) is 3. The first kappa shape index (κ1) is 18.7. The van der Waals surface area contributed by atoms with E-state index in [4.69, 9.17) is 0 Å². The molecule has 2 N–H and O–H groups in total. The number of carbonyl (C=O) groups excluding carboxylic acids is 1. The molecule has 0 atom stereocenters. The van der Waals surface area contributed by atoms with E-state index in [2.05, 4.69) is 20.5 Å². The van der Waals surface area contributed by atoms with Gasteiger partial charge in [-0.2, -0.15) is 0 Å². The first-order chi connectivity index (χ1) is 12.0. The van der Waals surface area contributed by atoms with Crippen LogP contribution in [0.4, 0.5) is 17.1 Å². The molecule has 0 saturated heterocycles. The Bertz CT molecular complexity index is 682. The minimum absolute atomic E-state index is 0.0992. The van der Waals surface area contributed by atoms with Crippen LogP contribution in [-0.4, -0.2) is 57.1 Å². The number of pyridine rings is 1. The monoisotopic (exact) mass is 341 g/mol. The molecule has 1 amide bonds. The molecule has 0 saturated carbocycles. The number of hydrogen-bond donors (Lipinski definition) is 2. The van der Waals surface area contributed by atoms with Gasteiger partial charge in [-0.1, -0.05) is 0 Å². The minimum atomic E-state index is -0.0992. The van der Waals surface area contributed by atoms with Crippen molar-refractivity contribution in [3.8, 4) is 0 Å². The fourth-order valence-corrected chi connectivity index (χ4v) is 2.34. The number of amides is 1. The molecule has 1 aromatic carbocycles. The zero-order chi connectivity index (χ0) is 18.2. The van der Waals surface area contributed by atoms with E-state index in [1.165, 1.54) is 0 Å². The molecule has 0 aliphatic heterocycles. The van der Waals surface area contributed by atoms with E-state index in [1.807, 2.05) is 63.4 Å². The number of carbonyl (C=O) groups is 1. The van der Waals surface area contributed by atoms with Crippen LogP contribution in [0.3, 0.4) is 0 Å². The van der Waals surface area contributed by atoms with E-state index in [9.17, 15) is 4.79 Å². The van der Waals surface area contributed by atoms with Crippen molar-refractivity contribution in [2.45, 2.75) is 6.42 Å². The Labute approximate surface area is 149 Å². The molecule has 2 aromatic rings. The third-order valence-electron chi connectivity index (χ3n) is 3.74. The fraction of sp³-hybridized carbons (Fsp3) is 0.368. The van der Waals surface area contributed by atoms with E-state index in [-0.39, 0.29) is 5.91 Å². The Hall–Kier alpha value is -2.60. The van der Waals surface area contributed by atoms with Crippen LogP contribution in [0.5, 0.6) is 0 Å². The second kappa shape index (κ2) is 9.03. The quantitative estimate of drug-likeness (QED) is 0.723. The number of benzene rings is 1. The minimum Gasteiger partial charge on any atom is -0.378 e. The molecule has 1 aromatic heterocycles. The number of aromatic nitrogens is 1. The zero-order valence-electron chi connectivity index (χ0n) is 15.4. The maximum atomic E-state index is 12.2. The van der Waals surface area contributed by atoms with Crippen LogP contribution in [0.1, 0.15) is 16.8 Å². The van der Waals surface area contributed by atoms with Crippen molar-refractivity contribution in [3.05, 3.63) is 48.3 Å². The van der Waals surface area contributed by atoms with Crippen molar-refractivity contribution < 1.29 is 4.79 Å². The largest absolute Gasteiger partial charge is 0.378 e. The molecule has 1 heterocycles. The predicted octanol–water partition coefficient (Wildman–Crippen LogP) is 2.57. The van der Waals surface area contributed by atoms with Crippen LogP contribution >= 0.6 is 0 Å². The van der Waals surface area contributed by atoms with Crippen LogP contribution in [-0.2, 0) is 0 Å². The standard InChI is InChI=1S/C19H27N5O/c1-23(2)11-5-10-21-19(25)15-12-17(14-20-13-15)22-16-6-8-18(9-7-16)24(3)4/h6-9,12-14,22H,5,10-11H2,1-4H3,(H,21,25). The summed E-state index contributed by atoms with van der Waals surface area (Å²) in [6.07, 6.45) is 4.21. The van der Waals surface area contributed by atoms with Gasteiger partial charge in [0.1, 0.15) is 0 Å². The van der Waals surface area contributed by atoms with E-state index in [0.717, 1.165) is 30.0 Å². The molecule has 0 unspecified atom stereocenters. The van der Waals surface area contributed by atoms with Gasteiger partial charge >= 0.3 is 0 Å². The lowest BCUT2D eigenvalue weighted by molar-refractivity contribution is 0.0952. The lowest BCUT2D eigenvalue weighted by Gasteiger charge is -2.13. The van der Waals surface area contributed by atoms with Gasteiger partial charge in [0.05, 0.1) is 17.4 Å². The normalized spacial score (nSPS) is 10.6. The molecule has 6 nitrogen and oxygen atoms in total. The molecule has 134 valence electrons. The Morgan fingerprint density at radius 2 is 1.76 bits per heavy atom. The van der Waals surface area contributed by atoms with Crippen molar-refractivity contribution in [1.82, 2.24) is 15.2 Å². The summed E-state index contributed by atoms with van der Waals surface area (Å²) >= 11 is 0. The van der Waals surface area contributed by atoms with Gasteiger partial charge in [-0.05, 0) is 57.4 Å². The molecule has 25 heavy (non-hydrogen) atoms. The zero-order valence-corrected chi connectivity index (χ0v) is 15.4. The molecule has 0 bridgehead atoms. The molecule has 0 radical (unpaired) electrons. The molecule has 2 rings (SSSR count). The average molecular weight is 341 g/mol. The molecular formula is C19H27N5O. The third kappa shape index (κ3) is 6.08. The van der Waals surface area contributed by atoms with Gasteiger partial charge in [-0.25, -0.2) is 0 Å². The summed E-state index contributed by atoms with van der Waals surface area (Å²) in [5.74, 6) is -0.0992. The Morgan fingerprint density at radius 1 is 1.04 bits per heavy atom. The Balaban J connectivity index is 1.94. The van der Waals surface area contributed by atoms with Crippen LogP contribution in [0.25, 0.3) is 0 Å². The maximum Gasteiger partial charge on any atom is 0.252 e. The highest BCUT2D eigenvalue weighted by atomic mass is 16.1. The van der Waals surface area contributed by atoms with E-state index < -0.39 is 0 Å². The summed E-state index contributed by atoms with van der Waals surface area (Å²) in [6.45, 7) is 1.60. The summed E-state index contributed by atoms with van der Waals surface area (Å²) < 4.78 is 0. The average Bonchev–Trinajstić information content (AvgIpc) is 2.59. The highest BCUT2D eigenvalue weighted by Gasteiger charge is 2.07. The predicted molar refractivity (Wildman–Crippen MR) is 104 cm³/mol. The number of nitrogens with one attached hydrogen (secondary N) is 2. The third-order valence-corrected chi connectivity index (χ3v) is 3.74. The van der Waals surface area contributed by atoms with Crippen LogP contribution in [0, 0.1) is 0 Å². The van der Waals surface area contributed by atoms with E-state index in [1.54, 1.807) is 12.4 Å². The van der Waals surface area contributed by atoms with Gasteiger partial charge in [0.2, 0.25) is 0 Å². The molecule has 0 aliphatic carbocycles. The van der Waals surface area contributed by atoms with Crippen molar-refractivity contribution in [3.63, 3.8) is 0 Å². The molecule has 0 aliphatic rings. The maximum absolute atomic E-state index is 12.2. The van der Waals surface area contributed by atoms with Crippen LogP contribution in [0.2, 0.25) is 0 Å². The van der Waals surface area contributed by atoms with Crippen molar-refractivity contribution in [2.75, 3.05) is 51.5 Å². The van der Waals surface area contributed by atoms with Crippen LogP contribution in [0.15, 0.2) is 42.7 Å². The highest BCUT2D eigenvalue weighted by Crippen LogP contribution is 2.20. The second-order valence-electron chi connectivity index (χ2n) is 6.44. The van der Waals surface area contributed by atoms with Crippen molar-refractivity contribution >= 4 is 23.0 Å². The first-order valence-electron chi connectivity index (χ1n) is 8.38. The SMILES string of the molecule is CN(C)CCCNC(=O)c1cncc(Nc2ccc(N(C)C)cc2)c1. The number of rotatable bonds is 8. The lowest BCUT2D eigenvalue weighted by atomic mass is 10.2. The van der Waals surface area contributed by atoms with E-state index >= 15 is 0 Å². The number of anilines is 3. The Kier molecular flexibility index (Phi) is 6.77. The first-order valence-corrected chi connectivity index (χ1v) is 8.38. The van der Waals surface area contributed by atoms with Crippen LogP contribution < -0.4 is 15.5 Å². The second-order valence-corrected chi connectivity index (χ2v) is 6.44. The van der Waals surface area contributed by atoms with Gasteiger partial charge in [0.25, 0.3) is 5.91 Å². The summed E-state index contributed by atoms with van der Waals surface area (Å²) in [6, 6.07) is 9.90. The summed E-state index contributed by atoms with van der Waals surface area (Å²) in [5, 5.41) is 6.21. The fourth-order valence-electron chi connectivity index (χ4n) is 2.34. The molecular weight excluding hydrogens is 314 g/mol. The topological polar surface area (TPSA) is 60.5 Å². The van der Waals surface area contributed by atoms with Crippen molar-refractivity contribution in [1.29, 1.82) is 0 Å². The van der Waals surface area contributed by atoms with Crippen molar-refractivity contribution in [2.24, 2.45) is 0 Å². The molecule has 0 fully saturated rings. The van der Waals surface area contributed by atoms with Gasteiger partial charge in [0, 0.05) is 38.2 Å². The summed E-state index contributed by atoms with van der Waals surface area (Å²) in [4.78, 5) is 20.5. The summed E-state index contributed by atoms with van der Waals surface area (Å²) in [7, 11) is 8.05. The Morgan fingerprint density at radius 3 is 2.40 bits per heavy atom. The van der Waals surface area contributed by atoms with E-state index in [0.29, 0.717) is 12.1 Å². The number of hydrogen-bond acceptors (Lipinski definition) is 5.